The Balaban J connectivity index is 2.58. The van der Waals surface area contributed by atoms with Gasteiger partial charge in [0.1, 0.15) is 0 Å². The molecule has 82 valence electrons. The summed E-state index contributed by atoms with van der Waals surface area (Å²) >= 11 is 0. The number of aromatic nitrogens is 1. The third kappa shape index (κ3) is 3.74. The first kappa shape index (κ1) is 11.8. The molecule has 0 amide bonds. The third-order valence-electron chi connectivity index (χ3n) is 2.58. The van der Waals surface area contributed by atoms with E-state index in [1.807, 2.05) is 25.3 Å². The molecule has 0 aliphatic heterocycles. The van der Waals surface area contributed by atoms with E-state index in [2.05, 4.69) is 29.9 Å². The minimum Gasteiger partial charge on any atom is -0.381 e. The number of hydrogen-bond acceptors (Lipinski definition) is 2. The Kier molecular flexibility index (Phi) is 4.88. The Bertz CT molecular complexity index is 307. The molecule has 2 heteroatoms. The molecule has 0 spiro atoms. The maximum Gasteiger partial charge on any atom is 0.0603 e. The number of rotatable bonds is 6. The summed E-state index contributed by atoms with van der Waals surface area (Å²) in [7, 11) is 0. The van der Waals surface area contributed by atoms with E-state index in [4.69, 9.17) is 0 Å². The van der Waals surface area contributed by atoms with Crippen LogP contribution in [-0.4, -0.2) is 11.0 Å². The van der Waals surface area contributed by atoms with Crippen LogP contribution in [0.15, 0.2) is 31.0 Å². The molecule has 0 aliphatic carbocycles. The topological polar surface area (TPSA) is 24.9 Å². The highest BCUT2D eigenvalue weighted by Gasteiger charge is 2.06. The van der Waals surface area contributed by atoms with Crippen molar-refractivity contribution in [3.05, 3.63) is 36.7 Å². The van der Waals surface area contributed by atoms with Crippen molar-refractivity contribution in [1.82, 2.24) is 4.98 Å². The van der Waals surface area contributed by atoms with Crippen molar-refractivity contribution in [2.75, 3.05) is 5.32 Å². The van der Waals surface area contributed by atoms with Crippen molar-refractivity contribution in [1.29, 1.82) is 0 Å². The summed E-state index contributed by atoms with van der Waals surface area (Å²) in [5, 5.41) is 3.52. The molecule has 0 saturated carbocycles. The van der Waals surface area contributed by atoms with Crippen LogP contribution in [0.4, 0.5) is 5.69 Å². The highest BCUT2D eigenvalue weighted by Crippen LogP contribution is 2.15. The molecule has 1 aromatic rings. The second-order valence-corrected chi connectivity index (χ2v) is 3.75. The summed E-state index contributed by atoms with van der Waals surface area (Å²) < 4.78 is 0. The average molecular weight is 204 g/mol. The second-order valence-electron chi connectivity index (χ2n) is 3.75. The number of allylic oxidation sites excluding steroid dienone is 1. The summed E-state index contributed by atoms with van der Waals surface area (Å²) in [6, 6.07) is 4.57. The first-order valence-electron chi connectivity index (χ1n) is 5.57. The third-order valence-corrected chi connectivity index (χ3v) is 2.58. The van der Waals surface area contributed by atoms with Gasteiger partial charge in [-0.05, 0) is 38.3 Å². The van der Waals surface area contributed by atoms with Gasteiger partial charge in [0.25, 0.3) is 0 Å². The van der Waals surface area contributed by atoms with E-state index in [1.165, 1.54) is 0 Å². The Labute approximate surface area is 92.4 Å². The molecule has 1 heterocycles. The molecule has 15 heavy (non-hydrogen) atoms. The predicted octanol–water partition coefficient (Wildman–Crippen LogP) is 3.55. The number of nitrogens with one attached hydrogen (secondary N) is 1. The zero-order valence-corrected chi connectivity index (χ0v) is 9.66. The SMILES string of the molecule is C=CCCC(CC)Nc1cccnc1C. The molecule has 1 atom stereocenters. The maximum atomic E-state index is 4.26. The van der Waals surface area contributed by atoms with Gasteiger partial charge >= 0.3 is 0 Å². The normalized spacial score (nSPS) is 12.1. The van der Waals surface area contributed by atoms with Crippen molar-refractivity contribution in [2.45, 2.75) is 39.2 Å². The predicted molar refractivity (Wildman–Crippen MR) is 66.1 cm³/mol. The summed E-state index contributed by atoms with van der Waals surface area (Å²) in [5.41, 5.74) is 2.21. The average Bonchev–Trinajstić information content (AvgIpc) is 2.26. The lowest BCUT2D eigenvalue weighted by Crippen LogP contribution is -2.18. The van der Waals surface area contributed by atoms with E-state index in [1.54, 1.807) is 0 Å². The molecule has 1 N–H and O–H groups in total. The van der Waals surface area contributed by atoms with E-state index in [0.29, 0.717) is 6.04 Å². The van der Waals surface area contributed by atoms with Gasteiger partial charge in [0.05, 0.1) is 11.4 Å². The number of aryl methyl sites for hydroxylation is 1. The van der Waals surface area contributed by atoms with Crippen LogP contribution < -0.4 is 5.32 Å². The van der Waals surface area contributed by atoms with Crippen LogP contribution in [0, 0.1) is 6.92 Å². The maximum absolute atomic E-state index is 4.26. The van der Waals surface area contributed by atoms with Gasteiger partial charge in [0.2, 0.25) is 0 Å². The van der Waals surface area contributed by atoms with Crippen LogP contribution in [0.3, 0.4) is 0 Å². The minimum atomic E-state index is 0.519. The van der Waals surface area contributed by atoms with Crippen LogP contribution >= 0.6 is 0 Å². The molecule has 0 radical (unpaired) electrons. The largest absolute Gasteiger partial charge is 0.381 e. The highest BCUT2D eigenvalue weighted by molar-refractivity contribution is 5.47. The van der Waals surface area contributed by atoms with Gasteiger partial charge in [-0.3, -0.25) is 4.98 Å². The Hall–Kier alpha value is -1.31. The Morgan fingerprint density at radius 1 is 1.60 bits per heavy atom. The molecule has 0 saturated heterocycles. The Morgan fingerprint density at radius 3 is 3.00 bits per heavy atom. The summed E-state index contributed by atoms with van der Waals surface area (Å²) in [6.07, 6.45) is 7.12. The summed E-state index contributed by atoms with van der Waals surface area (Å²) in [5.74, 6) is 0. The zero-order chi connectivity index (χ0) is 11.1. The van der Waals surface area contributed by atoms with Gasteiger partial charge in [-0.1, -0.05) is 13.0 Å². The van der Waals surface area contributed by atoms with E-state index >= 15 is 0 Å². The minimum absolute atomic E-state index is 0.519. The summed E-state index contributed by atoms with van der Waals surface area (Å²) in [6.45, 7) is 7.98. The first-order valence-corrected chi connectivity index (χ1v) is 5.57. The van der Waals surface area contributed by atoms with Crippen LogP contribution in [-0.2, 0) is 0 Å². The van der Waals surface area contributed by atoms with Gasteiger partial charge < -0.3 is 5.32 Å². The number of nitrogens with zero attached hydrogens (tertiary/aromatic N) is 1. The van der Waals surface area contributed by atoms with Crippen LogP contribution in [0.2, 0.25) is 0 Å². The van der Waals surface area contributed by atoms with Crippen molar-refractivity contribution in [3.8, 4) is 0 Å². The zero-order valence-electron chi connectivity index (χ0n) is 9.66. The van der Waals surface area contributed by atoms with E-state index in [9.17, 15) is 0 Å². The molecular weight excluding hydrogens is 184 g/mol. The first-order chi connectivity index (χ1) is 7.27. The fourth-order valence-corrected chi connectivity index (χ4v) is 1.55. The van der Waals surface area contributed by atoms with Gasteiger partial charge in [-0.25, -0.2) is 0 Å². The quantitative estimate of drug-likeness (QED) is 0.717. The van der Waals surface area contributed by atoms with E-state index in [0.717, 1.165) is 30.6 Å². The molecule has 1 unspecified atom stereocenters. The van der Waals surface area contributed by atoms with Gasteiger partial charge in [0, 0.05) is 12.2 Å². The molecule has 0 aromatic carbocycles. The monoisotopic (exact) mass is 204 g/mol. The highest BCUT2D eigenvalue weighted by atomic mass is 14.9. The Morgan fingerprint density at radius 2 is 2.40 bits per heavy atom. The van der Waals surface area contributed by atoms with Crippen molar-refractivity contribution in [3.63, 3.8) is 0 Å². The molecule has 1 rings (SSSR count). The van der Waals surface area contributed by atoms with E-state index in [-0.39, 0.29) is 0 Å². The van der Waals surface area contributed by atoms with Crippen molar-refractivity contribution >= 4 is 5.69 Å². The fraction of sp³-hybridized carbons (Fsp3) is 0.462. The number of anilines is 1. The van der Waals surface area contributed by atoms with Gasteiger partial charge in [-0.2, -0.15) is 0 Å². The van der Waals surface area contributed by atoms with Crippen LogP contribution in [0.1, 0.15) is 31.9 Å². The molecule has 0 aliphatic rings. The lowest BCUT2D eigenvalue weighted by Gasteiger charge is -2.18. The second kappa shape index (κ2) is 6.23. The molecule has 2 nitrogen and oxygen atoms in total. The standard InChI is InChI=1S/C13H20N2/c1-4-6-8-12(5-2)15-13-9-7-10-14-11(13)3/h4,7,9-10,12,15H,1,5-6,8H2,2-3H3. The smallest absolute Gasteiger partial charge is 0.0603 e. The van der Waals surface area contributed by atoms with E-state index < -0.39 is 0 Å². The van der Waals surface area contributed by atoms with Gasteiger partial charge in [-0.15, -0.1) is 6.58 Å². The van der Waals surface area contributed by atoms with Crippen LogP contribution in [0.5, 0.6) is 0 Å². The van der Waals surface area contributed by atoms with Gasteiger partial charge in [0.15, 0.2) is 0 Å². The molecule has 0 bridgehead atoms. The lowest BCUT2D eigenvalue weighted by molar-refractivity contribution is 0.641. The lowest BCUT2D eigenvalue weighted by atomic mass is 10.1. The van der Waals surface area contributed by atoms with Crippen molar-refractivity contribution in [2.24, 2.45) is 0 Å². The summed E-state index contributed by atoms with van der Waals surface area (Å²) in [4.78, 5) is 4.26. The van der Waals surface area contributed by atoms with Crippen LogP contribution in [0.25, 0.3) is 0 Å². The molecule has 1 aromatic heterocycles. The van der Waals surface area contributed by atoms with Crippen molar-refractivity contribution < 1.29 is 0 Å². The number of hydrogen-bond donors (Lipinski definition) is 1. The molecule has 0 fully saturated rings. The number of pyridine rings is 1. The fourth-order valence-electron chi connectivity index (χ4n) is 1.55. The molecular formula is C13H20N2.